The Morgan fingerprint density at radius 2 is 1.75 bits per heavy atom. The van der Waals surface area contributed by atoms with Gasteiger partial charge in [0.25, 0.3) is 5.91 Å². The van der Waals surface area contributed by atoms with Gasteiger partial charge in [-0.2, -0.15) is 4.98 Å². The van der Waals surface area contributed by atoms with Crippen molar-refractivity contribution in [2.24, 2.45) is 0 Å². The lowest BCUT2D eigenvalue weighted by Gasteiger charge is -2.29. The molecular weight excluding hydrogens is 510 g/mol. The predicted octanol–water partition coefficient (Wildman–Crippen LogP) is 5.30. The number of aromatic nitrogens is 3. The normalized spacial score (nSPS) is 14.2. The zero-order chi connectivity index (χ0) is 28.2. The third-order valence-corrected chi connectivity index (χ3v) is 6.58. The molecule has 4 aromatic rings. The lowest BCUT2D eigenvalue weighted by Crippen LogP contribution is -2.31. The van der Waals surface area contributed by atoms with Crippen molar-refractivity contribution >= 4 is 17.5 Å². The molecule has 1 aliphatic rings. The summed E-state index contributed by atoms with van der Waals surface area (Å²) in [6.07, 6.45) is 0. The van der Waals surface area contributed by atoms with Crippen LogP contribution in [0.15, 0.2) is 78.0 Å². The molecule has 3 aromatic carbocycles. The minimum atomic E-state index is -0.623. The maximum Gasteiger partial charge on any atom is 0.255 e. The molecule has 1 aliphatic heterocycles. The Morgan fingerprint density at radius 1 is 0.950 bits per heavy atom. The van der Waals surface area contributed by atoms with Crippen LogP contribution in [0, 0.1) is 0 Å². The van der Waals surface area contributed by atoms with Crippen LogP contribution in [0.2, 0.25) is 0 Å². The minimum absolute atomic E-state index is 0.309. The van der Waals surface area contributed by atoms with E-state index in [1.807, 2.05) is 68.4 Å². The number of methoxy groups -OCH3 is 3. The van der Waals surface area contributed by atoms with Crippen LogP contribution < -0.4 is 29.6 Å². The fraction of sp³-hybridized carbons (Fsp3) is 0.233. The molecule has 1 aromatic heterocycles. The van der Waals surface area contributed by atoms with Gasteiger partial charge in [-0.25, -0.2) is 4.68 Å². The van der Waals surface area contributed by atoms with E-state index >= 15 is 0 Å². The van der Waals surface area contributed by atoms with Crippen molar-refractivity contribution in [3.05, 3.63) is 83.6 Å². The summed E-state index contributed by atoms with van der Waals surface area (Å²) >= 11 is 0. The van der Waals surface area contributed by atoms with Crippen LogP contribution >= 0.6 is 0 Å². The van der Waals surface area contributed by atoms with Crippen molar-refractivity contribution in [2.75, 3.05) is 38.6 Å². The van der Waals surface area contributed by atoms with Gasteiger partial charge < -0.3 is 29.6 Å². The van der Waals surface area contributed by atoms with E-state index in [0.717, 1.165) is 11.1 Å². The minimum Gasteiger partial charge on any atom is -0.497 e. The molecule has 40 heavy (non-hydrogen) atoms. The van der Waals surface area contributed by atoms with E-state index in [0.29, 0.717) is 58.3 Å². The Labute approximate surface area is 232 Å². The molecule has 1 atom stereocenters. The van der Waals surface area contributed by atoms with Gasteiger partial charge in [0.1, 0.15) is 17.5 Å². The summed E-state index contributed by atoms with van der Waals surface area (Å²) in [6.45, 7) is 4.25. The first-order valence-corrected chi connectivity index (χ1v) is 12.8. The standard InChI is InChI=1S/C30H31N5O5/c1-6-40-24-15-14-19(17-25(24)39-5)27-26(29(36)32-22-12-7-8-13-23(22)38-4)18(2)31-30-33-28(34-35(27)30)20-10-9-11-21(16-20)37-3/h7-17,27H,6H2,1-5H3,(H,32,36)(H,31,33,34). The molecular formula is C30H31N5O5. The third-order valence-electron chi connectivity index (χ3n) is 6.58. The Balaban J connectivity index is 1.63. The Hall–Kier alpha value is -4.99. The highest BCUT2D eigenvalue weighted by Crippen LogP contribution is 2.40. The quantitative estimate of drug-likeness (QED) is 0.294. The molecule has 0 saturated heterocycles. The van der Waals surface area contributed by atoms with Crippen LogP contribution in [0.3, 0.4) is 0 Å². The second-order valence-corrected chi connectivity index (χ2v) is 9.00. The summed E-state index contributed by atoms with van der Waals surface area (Å²) in [5.74, 6) is 3.09. The second-order valence-electron chi connectivity index (χ2n) is 9.00. The van der Waals surface area contributed by atoms with Crippen LogP contribution in [-0.2, 0) is 4.79 Å². The number of allylic oxidation sites excluding steroid dienone is 1. The topological polar surface area (TPSA) is 109 Å². The van der Waals surface area contributed by atoms with Gasteiger partial charge in [0.05, 0.1) is 39.2 Å². The molecule has 1 amide bonds. The average molecular weight is 542 g/mol. The monoisotopic (exact) mass is 541 g/mol. The summed E-state index contributed by atoms with van der Waals surface area (Å²) < 4.78 is 23.9. The molecule has 1 unspecified atom stereocenters. The van der Waals surface area contributed by atoms with Gasteiger partial charge in [0, 0.05) is 11.3 Å². The number of amides is 1. The van der Waals surface area contributed by atoms with E-state index in [9.17, 15) is 4.79 Å². The SMILES string of the molecule is CCOc1ccc(C2C(C(=O)Nc3ccccc3OC)=C(C)Nc3nc(-c4cccc(OC)c4)nn32)cc1OC. The number of benzene rings is 3. The summed E-state index contributed by atoms with van der Waals surface area (Å²) in [5, 5.41) is 11.1. The molecule has 2 heterocycles. The van der Waals surface area contributed by atoms with E-state index in [4.69, 9.17) is 29.0 Å². The first kappa shape index (κ1) is 26.6. The van der Waals surface area contributed by atoms with Crippen molar-refractivity contribution in [1.82, 2.24) is 14.8 Å². The number of hydrogen-bond donors (Lipinski definition) is 2. The Bertz CT molecular complexity index is 1580. The number of para-hydroxylation sites is 2. The van der Waals surface area contributed by atoms with Crippen molar-refractivity contribution in [2.45, 2.75) is 19.9 Å². The van der Waals surface area contributed by atoms with Crippen molar-refractivity contribution in [3.8, 4) is 34.4 Å². The molecule has 0 aliphatic carbocycles. The van der Waals surface area contributed by atoms with Gasteiger partial charge in [-0.15, -0.1) is 5.10 Å². The highest BCUT2D eigenvalue weighted by Gasteiger charge is 2.35. The molecule has 0 spiro atoms. The van der Waals surface area contributed by atoms with E-state index in [2.05, 4.69) is 10.6 Å². The molecule has 2 N–H and O–H groups in total. The van der Waals surface area contributed by atoms with Crippen LogP contribution in [0.25, 0.3) is 11.4 Å². The number of ether oxygens (including phenoxy) is 4. The summed E-state index contributed by atoms with van der Waals surface area (Å²) in [4.78, 5) is 18.7. The average Bonchev–Trinajstić information content (AvgIpc) is 3.40. The Kier molecular flexibility index (Phi) is 7.59. The molecule has 10 heteroatoms. The van der Waals surface area contributed by atoms with Crippen molar-refractivity contribution < 1.29 is 23.7 Å². The molecule has 0 saturated carbocycles. The molecule has 0 fully saturated rings. The number of carbonyl (C=O) groups excluding carboxylic acids is 1. The number of hydrogen-bond acceptors (Lipinski definition) is 8. The largest absolute Gasteiger partial charge is 0.497 e. The van der Waals surface area contributed by atoms with Gasteiger partial charge in [0.15, 0.2) is 17.3 Å². The van der Waals surface area contributed by atoms with Crippen LogP contribution in [0.5, 0.6) is 23.0 Å². The number of anilines is 2. The first-order chi connectivity index (χ1) is 19.5. The van der Waals surface area contributed by atoms with Crippen LogP contribution in [0.4, 0.5) is 11.6 Å². The highest BCUT2D eigenvalue weighted by atomic mass is 16.5. The molecule has 10 nitrogen and oxygen atoms in total. The second kappa shape index (κ2) is 11.4. The number of nitrogens with zero attached hydrogens (tertiary/aromatic N) is 3. The fourth-order valence-electron chi connectivity index (χ4n) is 4.70. The van der Waals surface area contributed by atoms with Crippen LogP contribution in [0.1, 0.15) is 25.5 Å². The van der Waals surface area contributed by atoms with E-state index in [1.54, 1.807) is 38.1 Å². The van der Waals surface area contributed by atoms with Gasteiger partial charge in [-0.3, -0.25) is 4.79 Å². The van der Waals surface area contributed by atoms with Gasteiger partial charge in [-0.05, 0) is 55.8 Å². The summed E-state index contributed by atoms with van der Waals surface area (Å²) in [5.41, 5.74) is 3.22. The zero-order valence-corrected chi connectivity index (χ0v) is 23.0. The first-order valence-electron chi connectivity index (χ1n) is 12.8. The van der Waals surface area contributed by atoms with Crippen LogP contribution in [-0.4, -0.2) is 48.6 Å². The highest BCUT2D eigenvalue weighted by molar-refractivity contribution is 6.06. The summed E-state index contributed by atoms with van der Waals surface area (Å²) in [6, 6.07) is 19.8. The number of fused-ring (bicyclic) bond motifs is 1. The molecule has 0 bridgehead atoms. The third kappa shape index (κ3) is 5.03. The number of rotatable bonds is 9. The molecule has 0 radical (unpaired) electrons. The van der Waals surface area contributed by atoms with E-state index in [1.165, 1.54) is 0 Å². The lowest BCUT2D eigenvalue weighted by molar-refractivity contribution is -0.113. The predicted molar refractivity (Wildman–Crippen MR) is 152 cm³/mol. The van der Waals surface area contributed by atoms with Crippen molar-refractivity contribution in [1.29, 1.82) is 0 Å². The van der Waals surface area contributed by atoms with Gasteiger partial charge in [0.2, 0.25) is 5.95 Å². The smallest absolute Gasteiger partial charge is 0.255 e. The number of carbonyl (C=O) groups is 1. The van der Waals surface area contributed by atoms with E-state index < -0.39 is 6.04 Å². The molecule has 5 rings (SSSR count). The zero-order valence-electron chi connectivity index (χ0n) is 23.0. The fourth-order valence-corrected chi connectivity index (χ4v) is 4.70. The Morgan fingerprint density at radius 3 is 2.50 bits per heavy atom. The van der Waals surface area contributed by atoms with Gasteiger partial charge in [-0.1, -0.05) is 30.3 Å². The number of nitrogens with one attached hydrogen (secondary N) is 2. The lowest BCUT2D eigenvalue weighted by atomic mass is 9.94. The van der Waals surface area contributed by atoms with E-state index in [-0.39, 0.29) is 5.91 Å². The summed E-state index contributed by atoms with van der Waals surface area (Å²) in [7, 11) is 4.76. The van der Waals surface area contributed by atoms with Gasteiger partial charge >= 0.3 is 0 Å². The maximum absolute atomic E-state index is 13.9. The van der Waals surface area contributed by atoms with Crippen molar-refractivity contribution in [3.63, 3.8) is 0 Å². The maximum atomic E-state index is 13.9. The molecule has 206 valence electrons.